The Labute approximate surface area is 165 Å². The summed E-state index contributed by atoms with van der Waals surface area (Å²) in [5, 5.41) is 3.57. The fourth-order valence-corrected chi connectivity index (χ4v) is 3.68. The van der Waals surface area contributed by atoms with E-state index in [0.717, 1.165) is 0 Å². The molecule has 1 heterocycles. The van der Waals surface area contributed by atoms with Gasteiger partial charge in [0.25, 0.3) is 5.91 Å². The fraction of sp³-hybridized carbons (Fsp3) is 0.579. The zero-order valence-electron chi connectivity index (χ0n) is 15.6. The Balaban J connectivity index is 2.15. The first kappa shape index (κ1) is 21.0. The average Bonchev–Trinajstić information content (AvgIpc) is 2.52. The van der Waals surface area contributed by atoms with Crippen molar-refractivity contribution >= 4 is 35.0 Å². The number of hydrogen-bond donors (Lipinski definition) is 1. The summed E-state index contributed by atoms with van der Waals surface area (Å²) in [6.45, 7) is 8.97. The van der Waals surface area contributed by atoms with Crippen LogP contribution in [0, 0.1) is 5.92 Å². The van der Waals surface area contributed by atoms with E-state index in [1.165, 1.54) is 6.07 Å². The molecular weight excluding hydrogens is 375 g/mol. The molecule has 26 heavy (non-hydrogen) atoms. The summed E-state index contributed by atoms with van der Waals surface area (Å²) >= 11 is 12.0. The topological polar surface area (TPSA) is 58.6 Å². The summed E-state index contributed by atoms with van der Waals surface area (Å²) in [7, 11) is 0. The molecule has 2 rings (SSSR count). The maximum atomic E-state index is 13.0. The molecule has 7 heteroatoms. The molecule has 0 unspecified atom stereocenters. The van der Waals surface area contributed by atoms with Gasteiger partial charge in [-0.05, 0) is 44.4 Å². The van der Waals surface area contributed by atoms with Crippen molar-refractivity contribution < 1.29 is 14.3 Å². The molecule has 1 aliphatic heterocycles. The lowest BCUT2D eigenvalue weighted by Crippen LogP contribution is -2.55. The molecule has 0 bridgehead atoms. The predicted octanol–water partition coefficient (Wildman–Crippen LogP) is 3.77. The van der Waals surface area contributed by atoms with Crippen LogP contribution in [-0.4, -0.2) is 48.1 Å². The molecule has 0 radical (unpaired) electrons. The van der Waals surface area contributed by atoms with Crippen molar-refractivity contribution in [1.29, 1.82) is 0 Å². The van der Waals surface area contributed by atoms with Crippen LogP contribution < -0.4 is 5.32 Å². The third kappa shape index (κ3) is 5.60. The lowest BCUT2D eigenvalue weighted by atomic mass is 10.0. The van der Waals surface area contributed by atoms with Gasteiger partial charge in [0.15, 0.2) is 0 Å². The highest BCUT2D eigenvalue weighted by atomic mass is 35.5. The van der Waals surface area contributed by atoms with Crippen LogP contribution in [0.2, 0.25) is 10.0 Å². The highest BCUT2D eigenvalue weighted by Crippen LogP contribution is 2.22. The summed E-state index contributed by atoms with van der Waals surface area (Å²) in [5.41, 5.74) is 0.307. The van der Waals surface area contributed by atoms with Crippen molar-refractivity contribution in [2.24, 2.45) is 5.92 Å². The van der Waals surface area contributed by atoms with Crippen LogP contribution in [-0.2, 0) is 9.53 Å². The molecule has 2 amide bonds. The normalized spacial score (nSPS) is 21.6. The van der Waals surface area contributed by atoms with E-state index >= 15 is 0 Å². The SMILES string of the molecule is CC(C)C[C@H](NC(=O)c1ccc(Cl)cc1Cl)C(=O)N1C[C@H](C)O[C@@H](C)C1. The van der Waals surface area contributed by atoms with Crippen molar-refractivity contribution in [2.75, 3.05) is 13.1 Å². The number of nitrogens with one attached hydrogen (secondary N) is 1. The van der Waals surface area contributed by atoms with Gasteiger partial charge >= 0.3 is 0 Å². The molecule has 0 aliphatic carbocycles. The molecule has 1 N–H and O–H groups in total. The first-order chi connectivity index (χ1) is 12.2. The number of morpholine rings is 1. The molecule has 1 fully saturated rings. The van der Waals surface area contributed by atoms with Crippen LogP contribution in [0.4, 0.5) is 0 Å². The van der Waals surface area contributed by atoms with Gasteiger partial charge in [0.1, 0.15) is 6.04 Å². The van der Waals surface area contributed by atoms with Gasteiger partial charge in [-0.1, -0.05) is 37.0 Å². The minimum atomic E-state index is -0.605. The molecule has 5 nitrogen and oxygen atoms in total. The van der Waals surface area contributed by atoms with Gasteiger partial charge in [0.2, 0.25) is 5.91 Å². The van der Waals surface area contributed by atoms with Crippen molar-refractivity contribution in [2.45, 2.75) is 52.4 Å². The van der Waals surface area contributed by atoms with Gasteiger partial charge in [-0.15, -0.1) is 0 Å². The number of carbonyl (C=O) groups is 2. The van der Waals surface area contributed by atoms with Gasteiger partial charge in [0.05, 0.1) is 22.8 Å². The summed E-state index contributed by atoms with van der Waals surface area (Å²) in [4.78, 5) is 27.5. The third-order valence-electron chi connectivity index (χ3n) is 4.22. The molecule has 1 aromatic carbocycles. The van der Waals surface area contributed by atoms with E-state index in [9.17, 15) is 9.59 Å². The van der Waals surface area contributed by atoms with Crippen molar-refractivity contribution in [3.05, 3.63) is 33.8 Å². The fourth-order valence-electron chi connectivity index (χ4n) is 3.18. The Morgan fingerprint density at radius 3 is 2.38 bits per heavy atom. The van der Waals surface area contributed by atoms with Gasteiger partial charge < -0.3 is 15.0 Å². The molecule has 0 spiro atoms. The zero-order valence-corrected chi connectivity index (χ0v) is 17.1. The van der Waals surface area contributed by atoms with E-state index in [2.05, 4.69) is 5.32 Å². The summed E-state index contributed by atoms with van der Waals surface area (Å²) in [5.74, 6) is -0.208. The van der Waals surface area contributed by atoms with E-state index < -0.39 is 6.04 Å². The molecule has 3 atom stereocenters. The minimum Gasteiger partial charge on any atom is -0.372 e. The van der Waals surface area contributed by atoms with Crippen LogP contribution in [0.25, 0.3) is 0 Å². The highest BCUT2D eigenvalue weighted by Gasteiger charge is 2.32. The van der Waals surface area contributed by atoms with E-state index in [4.69, 9.17) is 27.9 Å². The van der Waals surface area contributed by atoms with E-state index in [1.54, 1.807) is 17.0 Å². The summed E-state index contributed by atoms with van der Waals surface area (Å²) in [6, 6.07) is 4.08. The monoisotopic (exact) mass is 400 g/mol. The second-order valence-electron chi connectivity index (χ2n) is 7.28. The number of amides is 2. The number of halogens is 2. The lowest BCUT2D eigenvalue weighted by molar-refractivity contribution is -0.145. The largest absolute Gasteiger partial charge is 0.372 e. The third-order valence-corrected chi connectivity index (χ3v) is 4.77. The maximum Gasteiger partial charge on any atom is 0.253 e. The standard InChI is InChI=1S/C19H26Cl2N2O3/c1-11(2)7-17(19(25)23-9-12(3)26-13(4)10-23)22-18(24)15-6-5-14(20)8-16(15)21/h5-6,8,11-13,17H,7,9-10H2,1-4H3,(H,22,24)/t12-,13-,17-/m0/s1. The highest BCUT2D eigenvalue weighted by molar-refractivity contribution is 6.36. The first-order valence-electron chi connectivity index (χ1n) is 8.87. The Hall–Kier alpha value is -1.30. The number of hydrogen-bond acceptors (Lipinski definition) is 3. The first-order valence-corrected chi connectivity index (χ1v) is 9.63. The van der Waals surface area contributed by atoms with Crippen molar-refractivity contribution in [1.82, 2.24) is 10.2 Å². The number of nitrogens with zero attached hydrogens (tertiary/aromatic N) is 1. The molecule has 1 saturated heterocycles. The smallest absolute Gasteiger partial charge is 0.253 e. The Morgan fingerprint density at radius 2 is 1.85 bits per heavy atom. The van der Waals surface area contributed by atoms with Crippen LogP contribution in [0.5, 0.6) is 0 Å². The van der Waals surface area contributed by atoms with Crippen molar-refractivity contribution in [3.8, 4) is 0 Å². The van der Waals surface area contributed by atoms with Gasteiger partial charge in [-0.2, -0.15) is 0 Å². The van der Waals surface area contributed by atoms with Crippen molar-refractivity contribution in [3.63, 3.8) is 0 Å². The second-order valence-corrected chi connectivity index (χ2v) is 8.12. The minimum absolute atomic E-state index is 0.0242. The molecule has 1 aliphatic rings. The Morgan fingerprint density at radius 1 is 1.23 bits per heavy atom. The van der Waals surface area contributed by atoms with Gasteiger partial charge in [-0.3, -0.25) is 9.59 Å². The van der Waals surface area contributed by atoms with Gasteiger partial charge in [0, 0.05) is 18.1 Å². The Bertz CT molecular complexity index is 656. The quantitative estimate of drug-likeness (QED) is 0.817. The number of rotatable bonds is 5. The molecular formula is C19H26Cl2N2O3. The van der Waals surface area contributed by atoms with E-state index in [0.29, 0.717) is 30.1 Å². The molecule has 0 saturated carbocycles. The predicted molar refractivity (Wildman–Crippen MR) is 104 cm³/mol. The van der Waals surface area contributed by atoms with Crippen LogP contribution in [0.3, 0.4) is 0 Å². The van der Waals surface area contributed by atoms with E-state index in [1.807, 2.05) is 27.7 Å². The Kier molecular flexibility index (Phi) is 7.33. The van der Waals surface area contributed by atoms with Crippen LogP contribution in [0.15, 0.2) is 18.2 Å². The number of ether oxygens (including phenoxy) is 1. The summed E-state index contributed by atoms with van der Waals surface area (Å²) < 4.78 is 5.69. The van der Waals surface area contributed by atoms with Gasteiger partial charge in [-0.25, -0.2) is 0 Å². The van der Waals surface area contributed by atoms with E-state index in [-0.39, 0.29) is 35.0 Å². The molecule has 144 valence electrons. The molecule has 1 aromatic rings. The number of carbonyl (C=O) groups excluding carboxylic acids is 2. The number of benzene rings is 1. The zero-order chi connectivity index (χ0) is 19.4. The second kappa shape index (κ2) is 9.07. The maximum absolute atomic E-state index is 13.0. The molecule has 0 aromatic heterocycles. The summed E-state index contributed by atoms with van der Waals surface area (Å²) in [6.07, 6.45) is 0.503. The lowest BCUT2D eigenvalue weighted by Gasteiger charge is -2.37. The average molecular weight is 401 g/mol. The van der Waals surface area contributed by atoms with Crippen LogP contribution in [0.1, 0.15) is 44.5 Å². The van der Waals surface area contributed by atoms with Crippen LogP contribution >= 0.6 is 23.2 Å².